The first-order valence-electron chi connectivity index (χ1n) is 6.13. The van der Waals surface area contributed by atoms with E-state index in [0.29, 0.717) is 18.0 Å². The molecule has 0 unspecified atom stereocenters. The normalized spacial score (nSPS) is 19.5. The molecular weight excluding hydrogens is 214 g/mol. The minimum Gasteiger partial charge on any atom is -0.304 e. The number of nitrogens with zero attached hydrogens (tertiary/aromatic N) is 1. The van der Waals surface area contributed by atoms with Crippen molar-refractivity contribution in [2.75, 3.05) is 11.4 Å². The maximum absolute atomic E-state index is 11.9. The van der Waals surface area contributed by atoms with Crippen LogP contribution in [-0.2, 0) is 4.79 Å². The molecule has 3 nitrogen and oxygen atoms in total. The predicted molar refractivity (Wildman–Crippen MR) is 65.2 cm³/mol. The molecule has 0 bridgehead atoms. The molecule has 1 aliphatic carbocycles. The summed E-state index contributed by atoms with van der Waals surface area (Å²) in [7, 11) is 0. The Morgan fingerprint density at radius 2 is 2.06 bits per heavy atom. The van der Waals surface area contributed by atoms with Crippen LogP contribution in [0.4, 0.5) is 5.69 Å². The van der Waals surface area contributed by atoms with Gasteiger partial charge in [-0.15, -0.1) is 0 Å². The average molecular weight is 229 g/mol. The Bertz CT molecular complexity index is 503. The van der Waals surface area contributed by atoms with Crippen LogP contribution in [-0.4, -0.2) is 18.2 Å². The van der Waals surface area contributed by atoms with Gasteiger partial charge in [0.05, 0.1) is 11.3 Å². The van der Waals surface area contributed by atoms with Gasteiger partial charge < -0.3 is 4.90 Å². The van der Waals surface area contributed by atoms with Crippen molar-refractivity contribution < 1.29 is 9.59 Å². The summed E-state index contributed by atoms with van der Waals surface area (Å²) in [5.74, 6) is -0.112. The average Bonchev–Trinajstić information content (AvgIpc) is 2.48. The summed E-state index contributed by atoms with van der Waals surface area (Å²) < 4.78 is 0. The van der Waals surface area contributed by atoms with Gasteiger partial charge in [0.15, 0.2) is 0 Å². The molecule has 1 fully saturated rings. The smallest absolute Gasteiger partial charge is 0.299 e. The molecule has 1 saturated carbocycles. The molecule has 0 saturated heterocycles. The van der Waals surface area contributed by atoms with Gasteiger partial charge in [0.1, 0.15) is 0 Å². The Hall–Kier alpha value is -1.64. The quantitative estimate of drug-likeness (QED) is 0.730. The number of benzene rings is 1. The van der Waals surface area contributed by atoms with Crippen molar-refractivity contribution in [3.8, 4) is 0 Å². The molecule has 1 aliphatic heterocycles. The van der Waals surface area contributed by atoms with Gasteiger partial charge in [-0.3, -0.25) is 9.59 Å². The second kappa shape index (κ2) is 3.69. The Morgan fingerprint density at radius 3 is 2.71 bits per heavy atom. The third-order valence-corrected chi connectivity index (χ3v) is 3.79. The number of aryl methyl sites for hydroxylation is 1. The lowest BCUT2D eigenvalue weighted by Gasteiger charge is -2.29. The zero-order chi connectivity index (χ0) is 12.0. The van der Waals surface area contributed by atoms with Crippen LogP contribution in [0.3, 0.4) is 0 Å². The summed E-state index contributed by atoms with van der Waals surface area (Å²) in [6, 6.07) is 5.67. The first-order valence-corrected chi connectivity index (χ1v) is 6.13. The maximum atomic E-state index is 11.9. The number of hydrogen-bond donors (Lipinski definition) is 0. The summed E-state index contributed by atoms with van der Waals surface area (Å²) in [4.78, 5) is 25.4. The number of fused-ring (bicyclic) bond motifs is 1. The van der Waals surface area contributed by atoms with Gasteiger partial charge in [-0.25, -0.2) is 0 Å². The van der Waals surface area contributed by atoms with Crippen molar-refractivity contribution in [2.45, 2.75) is 26.2 Å². The van der Waals surface area contributed by atoms with Crippen LogP contribution in [0.2, 0.25) is 0 Å². The summed E-state index contributed by atoms with van der Waals surface area (Å²) in [5.41, 5.74) is 2.40. The van der Waals surface area contributed by atoms with E-state index in [2.05, 4.69) is 0 Å². The third-order valence-electron chi connectivity index (χ3n) is 3.79. The van der Waals surface area contributed by atoms with Gasteiger partial charge in [-0.1, -0.05) is 18.1 Å². The maximum Gasteiger partial charge on any atom is 0.299 e. The van der Waals surface area contributed by atoms with Gasteiger partial charge in [-0.05, 0) is 37.8 Å². The highest BCUT2D eigenvalue weighted by Crippen LogP contribution is 2.34. The standard InChI is InChI=1S/C14H15NO2/c1-9-5-6-12-11(7-9)13(16)14(17)15(12)8-10-3-2-4-10/h5-7,10H,2-4,8H2,1H3. The highest BCUT2D eigenvalue weighted by Gasteiger charge is 2.37. The van der Waals surface area contributed by atoms with Crippen LogP contribution in [0.5, 0.6) is 0 Å². The molecular formula is C14H15NO2. The monoisotopic (exact) mass is 229 g/mol. The van der Waals surface area contributed by atoms with Crippen LogP contribution in [0.15, 0.2) is 18.2 Å². The molecule has 1 aromatic rings. The van der Waals surface area contributed by atoms with Crippen LogP contribution >= 0.6 is 0 Å². The first-order chi connectivity index (χ1) is 8.16. The van der Waals surface area contributed by atoms with Crippen molar-refractivity contribution in [2.24, 2.45) is 5.92 Å². The molecule has 88 valence electrons. The fourth-order valence-electron chi connectivity index (χ4n) is 2.53. The van der Waals surface area contributed by atoms with Crippen LogP contribution in [0, 0.1) is 12.8 Å². The molecule has 3 rings (SSSR count). The van der Waals surface area contributed by atoms with Crippen molar-refractivity contribution in [1.29, 1.82) is 0 Å². The zero-order valence-corrected chi connectivity index (χ0v) is 9.90. The minimum atomic E-state index is -0.350. The molecule has 0 N–H and O–H groups in total. The fraction of sp³-hybridized carbons (Fsp3) is 0.429. The molecule has 0 radical (unpaired) electrons. The fourth-order valence-corrected chi connectivity index (χ4v) is 2.53. The lowest BCUT2D eigenvalue weighted by atomic mass is 9.85. The molecule has 0 atom stereocenters. The van der Waals surface area contributed by atoms with E-state index in [1.807, 2.05) is 25.1 Å². The summed E-state index contributed by atoms with van der Waals surface area (Å²) >= 11 is 0. The number of anilines is 1. The largest absolute Gasteiger partial charge is 0.304 e. The minimum absolute atomic E-state index is 0.344. The molecule has 0 aromatic heterocycles. The number of carbonyl (C=O) groups excluding carboxylic acids is 2. The zero-order valence-electron chi connectivity index (χ0n) is 9.90. The SMILES string of the molecule is Cc1ccc2c(c1)C(=O)C(=O)N2CC1CCC1. The second-order valence-electron chi connectivity index (χ2n) is 5.06. The molecule has 2 aliphatic rings. The van der Waals surface area contributed by atoms with E-state index in [1.165, 1.54) is 19.3 Å². The van der Waals surface area contributed by atoms with Crippen molar-refractivity contribution in [3.05, 3.63) is 29.3 Å². The summed E-state index contributed by atoms with van der Waals surface area (Å²) in [6.45, 7) is 2.65. The van der Waals surface area contributed by atoms with E-state index in [9.17, 15) is 9.59 Å². The number of ketones is 1. The van der Waals surface area contributed by atoms with Gasteiger partial charge in [0.25, 0.3) is 11.7 Å². The van der Waals surface area contributed by atoms with Gasteiger partial charge in [0, 0.05) is 6.54 Å². The Morgan fingerprint density at radius 1 is 1.29 bits per heavy atom. The number of rotatable bonds is 2. The Balaban J connectivity index is 1.95. The van der Waals surface area contributed by atoms with E-state index in [4.69, 9.17) is 0 Å². The Labute approximate surface area is 100 Å². The van der Waals surface area contributed by atoms with E-state index in [0.717, 1.165) is 11.3 Å². The lowest BCUT2D eigenvalue weighted by molar-refractivity contribution is -0.114. The summed E-state index contributed by atoms with van der Waals surface area (Å²) in [6.07, 6.45) is 3.61. The topological polar surface area (TPSA) is 37.4 Å². The van der Waals surface area contributed by atoms with Crippen molar-refractivity contribution in [1.82, 2.24) is 0 Å². The number of amides is 1. The first kappa shape index (κ1) is 10.5. The molecule has 1 heterocycles. The van der Waals surface area contributed by atoms with Crippen LogP contribution < -0.4 is 4.90 Å². The van der Waals surface area contributed by atoms with Gasteiger partial charge in [0.2, 0.25) is 0 Å². The number of Topliss-reactive ketones (excluding diaryl/α,β-unsaturated/α-hetero) is 1. The Kier molecular flexibility index (Phi) is 2.28. The van der Waals surface area contributed by atoms with E-state index >= 15 is 0 Å². The third kappa shape index (κ3) is 1.57. The predicted octanol–water partition coefficient (Wildman–Crippen LogP) is 2.32. The summed E-state index contributed by atoms with van der Waals surface area (Å²) in [5, 5.41) is 0. The van der Waals surface area contributed by atoms with Gasteiger partial charge >= 0.3 is 0 Å². The second-order valence-corrected chi connectivity index (χ2v) is 5.06. The van der Waals surface area contributed by atoms with Crippen molar-refractivity contribution in [3.63, 3.8) is 0 Å². The number of hydrogen-bond acceptors (Lipinski definition) is 2. The lowest BCUT2D eigenvalue weighted by Crippen LogP contribution is -2.36. The highest BCUT2D eigenvalue weighted by atomic mass is 16.2. The molecule has 3 heteroatoms. The molecule has 1 aromatic carbocycles. The van der Waals surface area contributed by atoms with E-state index in [-0.39, 0.29) is 11.7 Å². The number of carbonyl (C=O) groups is 2. The van der Waals surface area contributed by atoms with Crippen LogP contribution in [0.1, 0.15) is 35.2 Å². The molecule has 0 spiro atoms. The van der Waals surface area contributed by atoms with Gasteiger partial charge in [-0.2, -0.15) is 0 Å². The highest BCUT2D eigenvalue weighted by molar-refractivity contribution is 6.52. The van der Waals surface area contributed by atoms with Crippen molar-refractivity contribution >= 4 is 17.4 Å². The van der Waals surface area contributed by atoms with E-state index in [1.54, 1.807) is 4.90 Å². The van der Waals surface area contributed by atoms with E-state index < -0.39 is 0 Å². The van der Waals surface area contributed by atoms with Crippen LogP contribution in [0.25, 0.3) is 0 Å². The molecule has 17 heavy (non-hydrogen) atoms. The molecule has 1 amide bonds.